The summed E-state index contributed by atoms with van der Waals surface area (Å²) >= 11 is 2.12. The number of rotatable bonds is 4. The fourth-order valence-corrected chi connectivity index (χ4v) is 3.72. The van der Waals surface area contributed by atoms with E-state index in [1.54, 1.807) is 0 Å². The van der Waals surface area contributed by atoms with Gasteiger partial charge in [-0.25, -0.2) is 0 Å². The molecule has 0 radical (unpaired) electrons. The molecule has 0 amide bonds. The molecule has 1 atom stereocenters. The minimum Gasteiger partial charge on any atom is -0.311 e. The van der Waals surface area contributed by atoms with E-state index in [2.05, 4.69) is 56.0 Å². The third-order valence-electron chi connectivity index (χ3n) is 3.83. The van der Waals surface area contributed by atoms with E-state index in [4.69, 9.17) is 0 Å². The summed E-state index contributed by atoms with van der Waals surface area (Å²) in [6.45, 7) is 8.93. The van der Waals surface area contributed by atoms with Crippen molar-refractivity contribution in [3.05, 3.63) is 34.9 Å². The summed E-state index contributed by atoms with van der Waals surface area (Å²) in [5.74, 6) is 1.33. The lowest BCUT2D eigenvalue weighted by molar-refractivity contribution is 0.536. The van der Waals surface area contributed by atoms with E-state index >= 15 is 0 Å². The summed E-state index contributed by atoms with van der Waals surface area (Å²) in [6, 6.07) is 6.58. The third kappa shape index (κ3) is 3.26. The van der Waals surface area contributed by atoms with Gasteiger partial charge in [-0.05, 0) is 56.1 Å². The van der Waals surface area contributed by atoms with Gasteiger partial charge in [0.2, 0.25) is 0 Å². The first-order valence-electron chi connectivity index (χ1n) is 6.50. The Morgan fingerprint density at radius 1 is 1.35 bits per heavy atom. The molecule has 1 saturated heterocycles. The number of hydrogen-bond donors (Lipinski definition) is 1. The molecule has 17 heavy (non-hydrogen) atoms. The van der Waals surface area contributed by atoms with Crippen molar-refractivity contribution >= 4 is 11.8 Å². The number of hydrogen-bond acceptors (Lipinski definition) is 2. The average Bonchev–Trinajstić information content (AvgIpc) is 2.72. The molecule has 0 aliphatic carbocycles. The quantitative estimate of drug-likeness (QED) is 0.873. The summed E-state index contributed by atoms with van der Waals surface area (Å²) < 4.78 is 0.470. The van der Waals surface area contributed by atoms with Crippen molar-refractivity contribution in [2.75, 3.05) is 12.3 Å². The van der Waals surface area contributed by atoms with Gasteiger partial charge < -0.3 is 5.32 Å². The zero-order chi connectivity index (χ0) is 12.3. The number of benzene rings is 1. The van der Waals surface area contributed by atoms with E-state index in [0.717, 1.165) is 13.1 Å². The Morgan fingerprint density at radius 2 is 2.18 bits per heavy atom. The van der Waals surface area contributed by atoms with E-state index in [9.17, 15) is 0 Å². The van der Waals surface area contributed by atoms with Crippen molar-refractivity contribution in [3.63, 3.8) is 0 Å². The highest BCUT2D eigenvalue weighted by molar-refractivity contribution is 8.00. The predicted molar refractivity (Wildman–Crippen MR) is 77.7 cm³/mol. The van der Waals surface area contributed by atoms with Gasteiger partial charge >= 0.3 is 0 Å². The minimum absolute atomic E-state index is 0.470. The molecule has 0 bridgehead atoms. The van der Waals surface area contributed by atoms with Gasteiger partial charge in [-0.2, -0.15) is 11.8 Å². The maximum atomic E-state index is 3.63. The smallest absolute Gasteiger partial charge is 0.0256 e. The second-order valence-electron chi connectivity index (χ2n) is 5.36. The Kier molecular flexibility index (Phi) is 4.16. The predicted octanol–water partition coefficient (Wildman–Crippen LogP) is 3.68. The summed E-state index contributed by atoms with van der Waals surface area (Å²) in [7, 11) is 0. The Hall–Kier alpha value is -0.470. The minimum atomic E-state index is 0.470. The van der Waals surface area contributed by atoms with E-state index in [1.807, 2.05) is 0 Å². The van der Waals surface area contributed by atoms with Crippen molar-refractivity contribution in [2.45, 2.75) is 44.9 Å². The van der Waals surface area contributed by atoms with Crippen LogP contribution in [0.3, 0.4) is 0 Å². The van der Waals surface area contributed by atoms with E-state index < -0.39 is 0 Å². The average molecular weight is 249 g/mol. The molecule has 1 aliphatic heterocycles. The van der Waals surface area contributed by atoms with Crippen LogP contribution in [0.2, 0.25) is 0 Å². The van der Waals surface area contributed by atoms with Gasteiger partial charge in [0, 0.05) is 17.8 Å². The summed E-state index contributed by atoms with van der Waals surface area (Å²) in [6.07, 6.45) is 2.74. The molecule has 1 nitrogen and oxygen atoms in total. The van der Waals surface area contributed by atoms with Crippen LogP contribution in [0, 0.1) is 13.8 Å². The molecule has 0 spiro atoms. The molecule has 1 N–H and O–H groups in total. The van der Waals surface area contributed by atoms with Crippen LogP contribution in [0.15, 0.2) is 18.2 Å². The highest BCUT2D eigenvalue weighted by atomic mass is 32.2. The highest BCUT2D eigenvalue weighted by Crippen LogP contribution is 2.37. The van der Waals surface area contributed by atoms with Gasteiger partial charge in [-0.15, -0.1) is 0 Å². The van der Waals surface area contributed by atoms with Crippen LogP contribution >= 0.6 is 11.8 Å². The van der Waals surface area contributed by atoms with Gasteiger partial charge in [-0.1, -0.05) is 18.2 Å². The Bertz CT molecular complexity index is 381. The van der Waals surface area contributed by atoms with Crippen LogP contribution in [0.25, 0.3) is 0 Å². The van der Waals surface area contributed by atoms with Gasteiger partial charge in [0.15, 0.2) is 0 Å². The van der Waals surface area contributed by atoms with Crippen molar-refractivity contribution in [3.8, 4) is 0 Å². The molecule has 1 fully saturated rings. The van der Waals surface area contributed by atoms with Crippen molar-refractivity contribution in [1.29, 1.82) is 0 Å². The Morgan fingerprint density at radius 3 is 2.88 bits per heavy atom. The number of thioether (sulfide) groups is 1. The second-order valence-corrected chi connectivity index (χ2v) is 7.05. The van der Waals surface area contributed by atoms with Crippen molar-refractivity contribution in [1.82, 2.24) is 5.32 Å². The standard InChI is InChI=1S/C15H23NS/c1-12-6-4-7-14(13(12)2)10-16-11-15(3)8-5-9-17-15/h4,6-7,16H,5,8-11H2,1-3H3. The van der Waals surface area contributed by atoms with Crippen LogP contribution in [-0.4, -0.2) is 17.0 Å². The molecule has 0 aromatic heterocycles. The molecule has 1 aliphatic rings. The molecule has 1 aromatic carbocycles. The van der Waals surface area contributed by atoms with E-state index in [0.29, 0.717) is 4.75 Å². The summed E-state index contributed by atoms with van der Waals surface area (Å²) in [5, 5.41) is 3.63. The van der Waals surface area contributed by atoms with Crippen LogP contribution in [0.5, 0.6) is 0 Å². The molecule has 94 valence electrons. The zero-order valence-corrected chi connectivity index (χ0v) is 12.0. The molecule has 2 rings (SSSR count). The molecule has 1 heterocycles. The fourth-order valence-electron chi connectivity index (χ4n) is 2.44. The van der Waals surface area contributed by atoms with Gasteiger partial charge in [-0.3, -0.25) is 0 Å². The first kappa shape index (κ1) is 13.0. The molecule has 1 aromatic rings. The van der Waals surface area contributed by atoms with Crippen molar-refractivity contribution in [2.24, 2.45) is 0 Å². The first-order chi connectivity index (χ1) is 8.11. The highest BCUT2D eigenvalue weighted by Gasteiger charge is 2.28. The van der Waals surface area contributed by atoms with Gasteiger partial charge in [0.05, 0.1) is 0 Å². The van der Waals surface area contributed by atoms with Crippen molar-refractivity contribution < 1.29 is 0 Å². The maximum absolute atomic E-state index is 3.63. The SMILES string of the molecule is Cc1cccc(CNCC2(C)CCCS2)c1C. The lowest BCUT2D eigenvalue weighted by Gasteiger charge is -2.23. The lowest BCUT2D eigenvalue weighted by Crippen LogP contribution is -2.32. The van der Waals surface area contributed by atoms with Gasteiger partial charge in [0.1, 0.15) is 0 Å². The molecule has 2 heteroatoms. The third-order valence-corrected chi connectivity index (χ3v) is 5.37. The Labute approximate surface area is 109 Å². The van der Waals surface area contributed by atoms with Gasteiger partial charge in [0.25, 0.3) is 0 Å². The van der Waals surface area contributed by atoms with Crippen LogP contribution in [0.4, 0.5) is 0 Å². The first-order valence-corrected chi connectivity index (χ1v) is 7.49. The lowest BCUT2D eigenvalue weighted by atomic mass is 10.0. The van der Waals surface area contributed by atoms with Crippen LogP contribution in [0.1, 0.15) is 36.5 Å². The van der Waals surface area contributed by atoms with Crippen LogP contribution < -0.4 is 5.32 Å². The Balaban J connectivity index is 1.88. The fraction of sp³-hybridized carbons (Fsp3) is 0.600. The summed E-state index contributed by atoms with van der Waals surface area (Å²) in [5.41, 5.74) is 4.27. The van der Waals surface area contributed by atoms with E-state index in [-0.39, 0.29) is 0 Å². The largest absolute Gasteiger partial charge is 0.311 e. The van der Waals surface area contributed by atoms with E-state index in [1.165, 1.54) is 35.3 Å². The molecular formula is C15H23NS. The normalized spacial score (nSPS) is 24.2. The molecular weight excluding hydrogens is 226 g/mol. The number of nitrogens with one attached hydrogen (secondary N) is 1. The number of aryl methyl sites for hydroxylation is 1. The summed E-state index contributed by atoms with van der Waals surface area (Å²) in [4.78, 5) is 0. The molecule has 0 saturated carbocycles. The monoisotopic (exact) mass is 249 g/mol. The topological polar surface area (TPSA) is 12.0 Å². The zero-order valence-electron chi connectivity index (χ0n) is 11.2. The van der Waals surface area contributed by atoms with Crippen LogP contribution in [-0.2, 0) is 6.54 Å². The maximum Gasteiger partial charge on any atom is 0.0256 e. The molecule has 1 unspecified atom stereocenters. The second kappa shape index (κ2) is 5.45.